The summed E-state index contributed by atoms with van der Waals surface area (Å²) in [6.45, 7) is 18.9. The Morgan fingerprint density at radius 1 is 0.536 bits per heavy atom. The Hall–Kier alpha value is -0.160. The van der Waals surface area contributed by atoms with Crippen molar-refractivity contribution in [2.45, 2.75) is 153 Å². The first-order valence-corrected chi connectivity index (χ1v) is 11.8. The highest BCUT2D eigenvalue weighted by Crippen LogP contribution is 2.35. The summed E-state index contributed by atoms with van der Waals surface area (Å²) in [6.07, 6.45) is 11.4. The zero-order valence-electron chi connectivity index (χ0n) is 20.0. The summed E-state index contributed by atoms with van der Waals surface area (Å²) in [4.78, 5) is 0. The van der Waals surface area contributed by atoms with Crippen LogP contribution in [0.4, 0.5) is 0 Å². The van der Waals surface area contributed by atoms with E-state index in [1.54, 1.807) is 0 Å². The first kappa shape index (κ1) is 22.5. The Bertz CT molecular complexity index is 469. The zero-order valence-corrected chi connectivity index (χ0v) is 20.0. The number of hydrogen-bond acceptors (Lipinski definition) is 4. The molecule has 1 saturated carbocycles. The molecule has 2 saturated heterocycles. The molecule has 0 aromatic heterocycles. The van der Waals surface area contributed by atoms with Crippen molar-refractivity contribution in [1.82, 2.24) is 21.3 Å². The number of nitrogens with one attached hydrogen (secondary N) is 4. The van der Waals surface area contributed by atoms with Gasteiger partial charge in [0, 0.05) is 34.2 Å². The van der Waals surface area contributed by atoms with Crippen LogP contribution in [0.3, 0.4) is 0 Å². The minimum absolute atomic E-state index is 0.112. The van der Waals surface area contributed by atoms with E-state index in [4.69, 9.17) is 0 Å². The smallest absolute Gasteiger partial charge is 0.0691 e. The predicted octanol–water partition coefficient (Wildman–Crippen LogP) is 4.44. The topological polar surface area (TPSA) is 48.1 Å². The van der Waals surface area contributed by atoms with Gasteiger partial charge >= 0.3 is 0 Å². The van der Waals surface area contributed by atoms with Gasteiger partial charge in [0.15, 0.2) is 0 Å². The van der Waals surface area contributed by atoms with Gasteiger partial charge in [0.05, 0.1) is 5.66 Å². The van der Waals surface area contributed by atoms with Crippen LogP contribution in [-0.2, 0) is 0 Å². The molecule has 2 heterocycles. The Morgan fingerprint density at radius 3 is 1.18 bits per heavy atom. The number of piperidine rings is 2. The summed E-state index contributed by atoms with van der Waals surface area (Å²) < 4.78 is 0. The monoisotopic (exact) mass is 392 g/mol. The summed E-state index contributed by atoms with van der Waals surface area (Å²) in [5.41, 5.74) is 0.866. The van der Waals surface area contributed by atoms with E-state index in [1.807, 2.05) is 0 Å². The maximum atomic E-state index is 4.21. The quantitative estimate of drug-likeness (QED) is 0.534. The lowest BCUT2D eigenvalue weighted by atomic mass is 9.76. The number of hydrogen-bond donors (Lipinski definition) is 4. The van der Waals surface area contributed by atoms with Gasteiger partial charge in [-0.1, -0.05) is 19.3 Å². The molecule has 0 aromatic carbocycles. The fourth-order valence-electron chi connectivity index (χ4n) is 7.12. The van der Waals surface area contributed by atoms with Crippen molar-refractivity contribution < 1.29 is 0 Å². The lowest BCUT2D eigenvalue weighted by Gasteiger charge is -2.53. The van der Waals surface area contributed by atoms with Crippen LogP contribution >= 0.6 is 0 Å². The van der Waals surface area contributed by atoms with E-state index in [1.165, 1.54) is 57.8 Å². The van der Waals surface area contributed by atoms with Gasteiger partial charge in [0.2, 0.25) is 0 Å². The normalized spacial score (nSPS) is 32.1. The second kappa shape index (κ2) is 7.51. The molecule has 4 heteroatoms. The van der Waals surface area contributed by atoms with Gasteiger partial charge in [-0.15, -0.1) is 0 Å². The van der Waals surface area contributed by atoms with E-state index in [0.717, 1.165) is 0 Å². The van der Waals surface area contributed by atoms with Crippen molar-refractivity contribution in [2.24, 2.45) is 0 Å². The van der Waals surface area contributed by atoms with Crippen molar-refractivity contribution in [3.63, 3.8) is 0 Å². The molecule has 0 unspecified atom stereocenters. The second-order valence-corrected chi connectivity index (χ2v) is 12.9. The second-order valence-electron chi connectivity index (χ2n) is 12.9. The molecular weight excluding hydrogens is 344 g/mol. The van der Waals surface area contributed by atoms with Crippen LogP contribution in [-0.4, -0.2) is 39.9 Å². The molecule has 0 atom stereocenters. The highest BCUT2D eigenvalue weighted by molar-refractivity contribution is 5.06. The van der Waals surface area contributed by atoms with Crippen molar-refractivity contribution in [2.75, 3.05) is 0 Å². The van der Waals surface area contributed by atoms with E-state index in [2.05, 4.69) is 76.7 Å². The fourth-order valence-corrected chi connectivity index (χ4v) is 7.12. The highest BCUT2D eigenvalue weighted by Gasteiger charge is 2.45. The summed E-state index contributed by atoms with van der Waals surface area (Å²) >= 11 is 0. The first-order valence-electron chi connectivity index (χ1n) is 11.8. The molecule has 0 spiro atoms. The summed E-state index contributed by atoms with van der Waals surface area (Å²) in [6, 6.07) is 1.14. The van der Waals surface area contributed by atoms with Crippen LogP contribution in [0.5, 0.6) is 0 Å². The van der Waals surface area contributed by atoms with Gasteiger partial charge in [-0.25, -0.2) is 0 Å². The minimum atomic E-state index is 0.112. The average Bonchev–Trinajstić information content (AvgIpc) is 2.40. The van der Waals surface area contributed by atoms with Gasteiger partial charge in [-0.3, -0.25) is 10.6 Å². The molecule has 0 aromatic rings. The molecule has 4 nitrogen and oxygen atoms in total. The van der Waals surface area contributed by atoms with Gasteiger partial charge in [0.1, 0.15) is 0 Å². The lowest BCUT2D eigenvalue weighted by molar-refractivity contribution is 0.0615. The van der Waals surface area contributed by atoms with Crippen LogP contribution in [0.1, 0.15) is 113 Å². The molecule has 2 aliphatic heterocycles. The summed E-state index contributed by atoms with van der Waals surface area (Å²) in [5, 5.41) is 16.1. The fraction of sp³-hybridized carbons (Fsp3) is 1.00. The zero-order chi connectivity index (χ0) is 20.8. The van der Waals surface area contributed by atoms with E-state index in [-0.39, 0.29) is 27.8 Å². The maximum absolute atomic E-state index is 4.21. The molecule has 3 rings (SSSR count). The van der Waals surface area contributed by atoms with Crippen molar-refractivity contribution in [1.29, 1.82) is 0 Å². The van der Waals surface area contributed by atoms with Crippen LogP contribution < -0.4 is 21.3 Å². The molecule has 0 amide bonds. The molecule has 3 aliphatic rings. The molecule has 3 fully saturated rings. The number of rotatable bonds is 4. The Balaban J connectivity index is 1.75. The third-order valence-electron chi connectivity index (χ3n) is 7.05. The SMILES string of the molecule is CC1(C)CC(NC2(NC3CC(C)(C)NC(C)(C)C3)CCCCC2)CC(C)(C)N1. The predicted molar refractivity (Wildman–Crippen MR) is 121 cm³/mol. The van der Waals surface area contributed by atoms with Gasteiger partial charge in [-0.2, -0.15) is 0 Å². The molecule has 4 N–H and O–H groups in total. The third kappa shape index (κ3) is 5.93. The van der Waals surface area contributed by atoms with E-state index in [0.29, 0.717) is 12.1 Å². The molecule has 0 bridgehead atoms. The molecule has 1 aliphatic carbocycles. The highest BCUT2D eigenvalue weighted by atomic mass is 15.2. The summed E-state index contributed by atoms with van der Waals surface area (Å²) in [5.74, 6) is 0. The van der Waals surface area contributed by atoms with E-state index in [9.17, 15) is 0 Å². The minimum Gasteiger partial charge on any atom is -0.307 e. The van der Waals surface area contributed by atoms with Crippen molar-refractivity contribution >= 4 is 0 Å². The molecule has 0 radical (unpaired) electrons. The van der Waals surface area contributed by atoms with Crippen LogP contribution in [0.15, 0.2) is 0 Å². The molecule has 28 heavy (non-hydrogen) atoms. The Kier molecular flexibility index (Phi) is 6.04. The van der Waals surface area contributed by atoms with E-state index >= 15 is 0 Å². The van der Waals surface area contributed by atoms with Crippen LogP contribution in [0.2, 0.25) is 0 Å². The third-order valence-corrected chi connectivity index (χ3v) is 7.05. The van der Waals surface area contributed by atoms with Crippen molar-refractivity contribution in [3.8, 4) is 0 Å². The van der Waals surface area contributed by atoms with Crippen molar-refractivity contribution in [3.05, 3.63) is 0 Å². The van der Waals surface area contributed by atoms with Gasteiger partial charge in [0.25, 0.3) is 0 Å². The van der Waals surface area contributed by atoms with Crippen LogP contribution in [0.25, 0.3) is 0 Å². The Morgan fingerprint density at radius 2 is 0.857 bits per heavy atom. The molecule has 164 valence electrons. The largest absolute Gasteiger partial charge is 0.307 e. The lowest BCUT2D eigenvalue weighted by Crippen LogP contribution is -2.71. The molecular formula is C24H48N4. The summed E-state index contributed by atoms with van der Waals surface area (Å²) in [7, 11) is 0. The van der Waals surface area contributed by atoms with Gasteiger partial charge < -0.3 is 10.6 Å². The van der Waals surface area contributed by atoms with Gasteiger partial charge in [-0.05, 0) is 93.9 Å². The standard InChI is InChI=1S/C24H48N4/c1-20(2)14-18(15-21(3,4)27-20)25-24(12-10-9-11-13-24)26-19-16-22(5,6)28-23(7,8)17-19/h18-19,25-28H,9-17H2,1-8H3. The van der Waals surface area contributed by atoms with E-state index < -0.39 is 0 Å². The Labute approximate surface area is 174 Å². The average molecular weight is 393 g/mol. The maximum Gasteiger partial charge on any atom is 0.0691 e. The van der Waals surface area contributed by atoms with Crippen LogP contribution in [0, 0.1) is 0 Å². The first-order chi connectivity index (χ1) is 12.7.